The van der Waals surface area contributed by atoms with E-state index in [1.54, 1.807) is 36.4 Å². The summed E-state index contributed by atoms with van der Waals surface area (Å²) in [6.07, 6.45) is 0. The molecule has 2 heterocycles. The lowest BCUT2D eigenvalue weighted by Crippen LogP contribution is -2.32. The molecule has 0 radical (unpaired) electrons. The molecule has 0 saturated heterocycles. The maximum absolute atomic E-state index is 13.4. The minimum Gasteiger partial charge on any atom is -0.350 e. The molecule has 0 fully saturated rings. The van der Waals surface area contributed by atoms with Crippen LogP contribution in [0.5, 0.6) is 0 Å². The van der Waals surface area contributed by atoms with E-state index in [9.17, 15) is 23.2 Å². The van der Waals surface area contributed by atoms with Gasteiger partial charge in [0, 0.05) is 16.3 Å². The number of imide groups is 1. The highest BCUT2D eigenvalue weighted by atomic mass is 32.2. The van der Waals surface area contributed by atoms with Gasteiger partial charge in [0.05, 0.1) is 10.6 Å². The van der Waals surface area contributed by atoms with E-state index in [-0.39, 0.29) is 22.2 Å². The first-order valence-electron chi connectivity index (χ1n) is 10.9. The third-order valence-electron chi connectivity index (χ3n) is 5.32. The zero-order valence-electron chi connectivity index (χ0n) is 18.9. The van der Waals surface area contributed by atoms with Crippen molar-refractivity contribution in [3.05, 3.63) is 117 Å². The van der Waals surface area contributed by atoms with Gasteiger partial charge in [-0.2, -0.15) is 0 Å². The number of hydrogen-bond acceptors (Lipinski definition) is 6. The Morgan fingerprint density at radius 3 is 2.03 bits per heavy atom. The van der Waals surface area contributed by atoms with Gasteiger partial charge in [0.25, 0.3) is 17.7 Å². The monoisotopic (exact) mass is 533 g/mol. The van der Waals surface area contributed by atoms with Gasteiger partial charge in [0.2, 0.25) is 0 Å². The highest BCUT2D eigenvalue weighted by molar-refractivity contribution is 8.04. The number of thiophene rings is 1. The molecular weight excluding hydrogens is 516 g/mol. The van der Waals surface area contributed by atoms with Gasteiger partial charge in [-0.3, -0.25) is 14.4 Å². The third-order valence-corrected chi connectivity index (χ3v) is 7.28. The first-order valence-corrected chi connectivity index (χ1v) is 12.6. The zero-order chi connectivity index (χ0) is 25.9. The quantitative estimate of drug-likeness (QED) is 0.274. The number of nitrogens with one attached hydrogen (secondary N) is 2. The van der Waals surface area contributed by atoms with Gasteiger partial charge >= 0.3 is 0 Å². The van der Waals surface area contributed by atoms with Crippen molar-refractivity contribution in [3.63, 3.8) is 0 Å². The minimum absolute atomic E-state index is 0.0148. The molecule has 5 rings (SSSR count). The molecule has 0 spiro atoms. The molecule has 0 aliphatic carbocycles. The summed E-state index contributed by atoms with van der Waals surface area (Å²) < 4.78 is 26.8. The molecule has 0 atom stereocenters. The normalized spacial score (nSPS) is 13.3. The van der Waals surface area contributed by atoms with Crippen LogP contribution in [0.15, 0.2) is 106 Å². The summed E-state index contributed by atoms with van der Waals surface area (Å²) in [4.78, 5) is 41.3. The van der Waals surface area contributed by atoms with Gasteiger partial charge in [-0.1, -0.05) is 17.8 Å². The summed E-state index contributed by atoms with van der Waals surface area (Å²) in [5, 5.41) is 7.55. The van der Waals surface area contributed by atoms with Crippen LogP contribution in [0.2, 0.25) is 0 Å². The molecule has 1 aliphatic heterocycles. The fraction of sp³-hybridized carbons (Fsp3) is 0. The van der Waals surface area contributed by atoms with Crippen LogP contribution in [0, 0.1) is 11.6 Å². The van der Waals surface area contributed by atoms with Crippen LogP contribution < -0.4 is 15.5 Å². The first kappa shape index (κ1) is 24.4. The van der Waals surface area contributed by atoms with Crippen molar-refractivity contribution in [3.8, 4) is 0 Å². The Morgan fingerprint density at radius 1 is 0.784 bits per heavy atom. The molecule has 37 heavy (non-hydrogen) atoms. The van der Waals surface area contributed by atoms with Gasteiger partial charge in [0.1, 0.15) is 22.2 Å². The second-order valence-corrected chi connectivity index (χ2v) is 9.85. The third kappa shape index (κ3) is 5.30. The van der Waals surface area contributed by atoms with E-state index < -0.39 is 23.4 Å². The molecule has 1 aliphatic rings. The SMILES string of the molecule is O=C(Nc1ccc(SC2=C(Nc3ccc(F)cc3)C(=O)N(c3ccc(F)cc3)C2=O)cc1)c1cccs1. The lowest BCUT2D eigenvalue weighted by atomic mass is 10.2. The molecule has 0 bridgehead atoms. The number of carbonyl (C=O) groups excluding carboxylic acids is 3. The van der Waals surface area contributed by atoms with E-state index in [2.05, 4.69) is 10.6 Å². The van der Waals surface area contributed by atoms with Crippen molar-refractivity contribution in [1.29, 1.82) is 0 Å². The molecule has 0 unspecified atom stereocenters. The number of hydrogen-bond donors (Lipinski definition) is 2. The van der Waals surface area contributed by atoms with Crippen molar-refractivity contribution >= 4 is 57.9 Å². The maximum Gasteiger partial charge on any atom is 0.283 e. The summed E-state index contributed by atoms with van der Waals surface area (Å²) in [6.45, 7) is 0. The van der Waals surface area contributed by atoms with Crippen molar-refractivity contribution in [1.82, 2.24) is 0 Å². The topological polar surface area (TPSA) is 78.5 Å². The number of amides is 3. The van der Waals surface area contributed by atoms with Crippen molar-refractivity contribution in [2.45, 2.75) is 4.90 Å². The zero-order valence-corrected chi connectivity index (χ0v) is 20.5. The number of thioether (sulfide) groups is 1. The molecule has 4 aromatic rings. The summed E-state index contributed by atoms with van der Waals surface area (Å²) in [6, 6.07) is 20.7. The largest absolute Gasteiger partial charge is 0.350 e. The van der Waals surface area contributed by atoms with Crippen LogP contribution >= 0.6 is 23.1 Å². The lowest BCUT2D eigenvalue weighted by Gasteiger charge is -2.15. The molecule has 1 aromatic heterocycles. The number of rotatable bonds is 7. The number of anilines is 3. The van der Waals surface area contributed by atoms with Gasteiger partial charge in [-0.05, 0) is 84.2 Å². The molecule has 3 amide bonds. The number of halogens is 2. The Morgan fingerprint density at radius 2 is 1.41 bits per heavy atom. The van der Waals surface area contributed by atoms with Crippen LogP contribution in [0.1, 0.15) is 9.67 Å². The first-order chi connectivity index (χ1) is 17.9. The number of carbonyl (C=O) groups is 3. The molecular formula is C27H17F2N3O3S2. The van der Waals surface area contributed by atoms with E-state index in [4.69, 9.17) is 0 Å². The van der Waals surface area contributed by atoms with Crippen molar-refractivity contribution in [2.24, 2.45) is 0 Å². The average molecular weight is 534 g/mol. The van der Waals surface area contributed by atoms with E-state index >= 15 is 0 Å². The molecule has 10 heteroatoms. The summed E-state index contributed by atoms with van der Waals surface area (Å²) >= 11 is 2.40. The van der Waals surface area contributed by atoms with E-state index in [1.165, 1.54) is 47.7 Å². The van der Waals surface area contributed by atoms with Gasteiger partial charge in [-0.15, -0.1) is 11.3 Å². The van der Waals surface area contributed by atoms with Gasteiger partial charge in [0.15, 0.2) is 0 Å². The van der Waals surface area contributed by atoms with E-state index in [0.29, 0.717) is 21.1 Å². The smallest absolute Gasteiger partial charge is 0.283 e. The Labute approximate surface area is 218 Å². The molecule has 6 nitrogen and oxygen atoms in total. The Balaban J connectivity index is 1.42. The Hall–Kier alpha value is -4.28. The maximum atomic E-state index is 13.4. The lowest BCUT2D eigenvalue weighted by molar-refractivity contribution is -0.120. The average Bonchev–Trinajstić information content (AvgIpc) is 3.51. The van der Waals surface area contributed by atoms with Gasteiger partial charge < -0.3 is 10.6 Å². The predicted octanol–water partition coefficient (Wildman–Crippen LogP) is 6.27. The molecule has 0 saturated carbocycles. The highest BCUT2D eigenvalue weighted by Crippen LogP contribution is 2.38. The summed E-state index contributed by atoms with van der Waals surface area (Å²) in [7, 11) is 0. The fourth-order valence-corrected chi connectivity index (χ4v) is 5.09. The van der Waals surface area contributed by atoms with Crippen molar-refractivity contribution < 1.29 is 23.2 Å². The van der Waals surface area contributed by atoms with Crippen LogP contribution in [-0.2, 0) is 9.59 Å². The molecule has 2 N–H and O–H groups in total. The van der Waals surface area contributed by atoms with Crippen molar-refractivity contribution in [2.75, 3.05) is 15.5 Å². The Bertz CT molecular complexity index is 1500. The highest BCUT2D eigenvalue weighted by Gasteiger charge is 2.40. The molecule has 3 aromatic carbocycles. The summed E-state index contributed by atoms with van der Waals surface area (Å²) in [5.41, 5.74) is 1.23. The van der Waals surface area contributed by atoms with Gasteiger partial charge in [-0.25, -0.2) is 13.7 Å². The van der Waals surface area contributed by atoms with Crippen LogP contribution in [0.4, 0.5) is 25.8 Å². The standard InChI is InChI=1S/C27H17F2N3O3S2/c28-16-3-7-18(8-4-16)30-23-24(27(35)32(26(23)34)20-11-5-17(29)6-12-20)37-21-13-9-19(10-14-21)31-25(33)22-2-1-15-36-22/h1-15,30H,(H,31,33). The second kappa shape index (κ2) is 10.4. The van der Waals surface area contributed by atoms with Crippen LogP contribution in [-0.4, -0.2) is 17.7 Å². The molecule has 184 valence electrons. The Kier molecular flexibility index (Phi) is 6.85. The number of benzene rings is 3. The predicted molar refractivity (Wildman–Crippen MR) is 141 cm³/mol. The number of nitrogens with zero attached hydrogens (tertiary/aromatic N) is 1. The fourth-order valence-electron chi connectivity index (χ4n) is 3.54. The second-order valence-electron chi connectivity index (χ2n) is 7.82. The van der Waals surface area contributed by atoms with E-state index in [0.717, 1.165) is 28.8 Å². The van der Waals surface area contributed by atoms with Crippen LogP contribution in [0.3, 0.4) is 0 Å². The van der Waals surface area contributed by atoms with E-state index in [1.807, 2.05) is 5.38 Å². The summed E-state index contributed by atoms with van der Waals surface area (Å²) in [5.74, 6) is -2.37. The minimum atomic E-state index is -0.622. The van der Waals surface area contributed by atoms with Crippen LogP contribution in [0.25, 0.3) is 0 Å².